The molecule has 2 aliphatic rings. The van der Waals surface area contributed by atoms with Crippen molar-refractivity contribution >= 4 is 21.8 Å². The number of fused-ring (bicyclic) bond motifs is 1. The number of hydrogen-bond donors (Lipinski definition) is 1. The van der Waals surface area contributed by atoms with Gasteiger partial charge in [-0.3, -0.25) is 4.79 Å². The highest BCUT2D eigenvalue weighted by Gasteiger charge is 2.32. The van der Waals surface area contributed by atoms with Gasteiger partial charge in [0, 0.05) is 18.6 Å². The van der Waals surface area contributed by atoms with Gasteiger partial charge in [0.25, 0.3) is 5.91 Å². The SMILES string of the molecule is O=C(NC1CCN2CCCC2C1)c1cccc(Br)n1. The van der Waals surface area contributed by atoms with Crippen molar-refractivity contribution in [2.45, 2.75) is 37.8 Å². The van der Waals surface area contributed by atoms with Crippen LogP contribution in [0.1, 0.15) is 36.2 Å². The summed E-state index contributed by atoms with van der Waals surface area (Å²) in [6, 6.07) is 6.40. The molecule has 2 fully saturated rings. The molecule has 2 atom stereocenters. The summed E-state index contributed by atoms with van der Waals surface area (Å²) in [5.41, 5.74) is 0.489. The summed E-state index contributed by atoms with van der Waals surface area (Å²) in [7, 11) is 0. The quantitative estimate of drug-likeness (QED) is 0.849. The number of nitrogens with zero attached hydrogens (tertiary/aromatic N) is 2. The van der Waals surface area contributed by atoms with Crippen LogP contribution < -0.4 is 5.32 Å². The topological polar surface area (TPSA) is 45.2 Å². The minimum absolute atomic E-state index is 0.0576. The van der Waals surface area contributed by atoms with E-state index in [0.717, 1.165) is 19.4 Å². The normalized spacial score (nSPS) is 27.0. The van der Waals surface area contributed by atoms with Gasteiger partial charge in [-0.2, -0.15) is 0 Å². The van der Waals surface area contributed by atoms with Gasteiger partial charge in [0.05, 0.1) is 0 Å². The Balaban J connectivity index is 1.61. The number of carbonyl (C=O) groups is 1. The first-order valence-electron chi connectivity index (χ1n) is 6.90. The van der Waals surface area contributed by atoms with Crippen molar-refractivity contribution in [3.8, 4) is 0 Å². The molecule has 2 unspecified atom stereocenters. The fraction of sp³-hybridized carbons (Fsp3) is 0.571. The Morgan fingerprint density at radius 2 is 2.26 bits per heavy atom. The molecule has 3 rings (SSSR count). The van der Waals surface area contributed by atoms with Crippen LogP contribution >= 0.6 is 15.9 Å². The maximum Gasteiger partial charge on any atom is 0.270 e. The van der Waals surface area contributed by atoms with E-state index in [0.29, 0.717) is 22.4 Å². The van der Waals surface area contributed by atoms with Gasteiger partial charge in [-0.1, -0.05) is 6.07 Å². The molecular weight excluding hydrogens is 306 g/mol. The smallest absolute Gasteiger partial charge is 0.270 e. The number of hydrogen-bond acceptors (Lipinski definition) is 3. The van der Waals surface area contributed by atoms with Crippen LogP contribution in [0.5, 0.6) is 0 Å². The number of pyridine rings is 1. The minimum Gasteiger partial charge on any atom is -0.348 e. The summed E-state index contributed by atoms with van der Waals surface area (Å²) >= 11 is 3.29. The predicted molar refractivity (Wildman–Crippen MR) is 77.0 cm³/mol. The van der Waals surface area contributed by atoms with E-state index in [-0.39, 0.29) is 5.91 Å². The van der Waals surface area contributed by atoms with Crippen molar-refractivity contribution in [1.82, 2.24) is 15.2 Å². The summed E-state index contributed by atoms with van der Waals surface area (Å²) < 4.78 is 0.700. The molecule has 1 aromatic rings. The molecule has 0 bridgehead atoms. The van der Waals surface area contributed by atoms with Crippen molar-refractivity contribution in [2.24, 2.45) is 0 Å². The molecule has 0 spiro atoms. The van der Waals surface area contributed by atoms with Crippen LogP contribution in [0, 0.1) is 0 Å². The fourth-order valence-electron chi connectivity index (χ4n) is 3.15. The molecule has 19 heavy (non-hydrogen) atoms. The van der Waals surface area contributed by atoms with Crippen molar-refractivity contribution in [2.75, 3.05) is 13.1 Å². The number of piperidine rings is 1. The van der Waals surface area contributed by atoms with E-state index in [2.05, 4.69) is 31.1 Å². The van der Waals surface area contributed by atoms with Crippen molar-refractivity contribution in [3.63, 3.8) is 0 Å². The Morgan fingerprint density at radius 3 is 3.11 bits per heavy atom. The molecule has 2 aliphatic heterocycles. The molecule has 4 nitrogen and oxygen atoms in total. The number of nitrogens with one attached hydrogen (secondary N) is 1. The lowest BCUT2D eigenvalue weighted by molar-refractivity contribution is 0.0891. The molecule has 0 radical (unpaired) electrons. The van der Waals surface area contributed by atoms with Crippen LogP contribution in [0.15, 0.2) is 22.8 Å². The Labute approximate surface area is 121 Å². The van der Waals surface area contributed by atoms with E-state index in [1.54, 1.807) is 6.07 Å². The zero-order chi connectivity index (χ0) is 13.2. The van der Waals surface area contributed by atoms with E-state index < -0.39 is 0 Å². The van der Waals surface area contributed by atoms with Crippen molar-refractivity contribution in [3.05, 3.63) is 28.5 Å². The number of aromatic nitrogens is 1. The summed E-state index contributed by atoms with van der Waals surface area (Å²) in [4.78, 5) is 18.9. The largest absolute Gasteiger partial charge is 0.348 e. The van der Waals surface area contributed by atoms with Crippen LogP contribution in [-0.4, -0.2) is 41.0 Å². The maximum absolute atomic E-state index is 12.1. The summed E-state index contributed by atoms with van der Waals surface area (Å²) in [6.07, 6.45) is 4.72. The first-order chi connectivity index (χ1) is 9.22. The maximum atomic E-state index is 12.1. The highest BCUT2D eigenvalue weighted by molar-refractivity contribution is 9.10. The Kier molecular flexibility index (Phi) is 3.84. The highest BCUT2D eigenvalue weighted by atomic mass is 79.9. The summed E-state index contributed by atoms with van der Waals surface area (Å²) in [5.74, 6) is -0.0576. The summed E-state index contributed by atoms with van der Waals surface area (Å²) in [6.45, 7) is 2.35. The van der Waals surface area contributed by atoms with Crippen LogP contribution in [0.25, 0.3) is 0 Å². The highest BCUT2D eigenvalue weighted by Crippen LogP contribution is 2.26. The predicted octanol–water partition coefficient (Wildman–Crippen LogP) is 2.20. The molecule has 2 saturated heterocycles. The number of rotatable bonds is 2. The van der Waals surface area contributed by atoms with Crippen LogP contribution in [0.2, 0.25) is 0 Å². The van der Waals surface area contributed by atoms with Gasteiger partial charge in [0.1, 0.15) is 10.3 Å². The standard InChI is InChI=1S/C14H18BrN3O/c15-13-5-1-4-12(17-13)14(19)16-10-6-8-18-7-2-3-11(18)9-10/h1,4-5,10-11H,2-3,6-9H2,(H,16,19). The van der Waals surface area contributed by atoms with Gasteiger partial charge in [-0.15, -0.1) is 0 Å². The van der Waals surface area contributed by atoms with Gasteiger partial charge >= 0.3 is 0 Å². The minimum atomic E-state index is -0.0576. The van der Waals surface area contributed by atoms with Crippen LogP contribution in [-0.2, 0) is 0 Å². The average molecular weight is 324 g/mol. The van der Waals surface area contributed by atoms with Gasteiger partial charge < -0.3 is 10.2 Å². The third-order valence-electron chi connectivity index (χ3n) is 4.10. The van der Waals surface area contributed by atoms with E-state index in [1.165, 1.54) is 19.4 Å². The first kappa shape index (κ1) is 13.1. The molecule has 1 amide bonds. The second kappa shape index (κ2) is 5.59. The lowest BCUT2D eigenvalue weighted by Crippen LogP contribution is -2.47. The Hall–Kier alpha value is -0.940. The second-order valence-electron chi connectivity index (χ2n) is 5.37. The molecule has 5 heteroatoms. The van der Waals surface area contributed by atoms with E-state index in [9.17, 15) is 4.79 Å². The van der Waals surface area contributed by atoms with E-state index >= 15 is 0 Å². The third-order valence-corrected chi connectivity index (χ3v) is 4.55. The summed E-state index contributed by atoms with van der Waals surface area (Å²) in [5, 5.41) is 3.13. The Bertz CT molecular complexity index is 480. The second-order valence-corrected chi connectivity index (χ2v) is 6.18. The molecule has 3 heterocycles. The van der Waals surface area contributed by atoms with Crippen LogP contribution in [0.4, 0.5) is 0 Å². The van der Waals surface area contributed by atoms with Gasteiger partial charge in [-0.05, 0) is 60.3 Å². The molecule has 1 aromatic heterocycles. The first-order valence-corrected chi connectivity index (χ1v) is 7.69. The molecule has 0 aromatic carbocycles. The molecule has 0 aliphatic carbocycles. The third kappa shape index (κ3) is 2.98. The lowest BCUT2D eigenvalue weighted by Gasteiger charge is -2.35. The Morgan fingerprint density at radius 1 is 1.37 bits per heavy atom. The molecular formula is C14H18BrN3O. The number of amides is 1. The fourth-order valence-corrected chi connectivity index (χ4v) is 3.49. The number of halogens is 1. The van der Waals surface area contributed by atoms with Gasteiger partial charge in [0.15, 0.2) is 0 Å². The van der Waals surface area contributed by atoms with E-state index in [4.69, 9.17) is 0 Å². The monoisotopic (exact) mass is 323 g/mol. The zero-order valence-electron chi connectivity index (χ0n) is 10.8. The lowest BCUT2D eigenvalue weighted by atomic mass is 9.97. The van der Waals surface area contributed by atoms with Crippen LogP contribution in [0.3, 0.4) is 0 Å². The average Bonchev–Trinajstić information content (AvgIpc) is 2.86. The van der Waals surface area contributed by atoms with Gasteiger partial charge in [-0.25, -0.2) is 4.98 Å². The van der Waals surface area contributed by atoms with E-state index in [1.807, 2.05) is 12.1 Å². The van der Waals surface area contributed by atoms with Crippen molar-refractivity contribution in [1.29, 1.82) is 0 Å². The molecule has 102 valence electrons. The number of carbonyl (C=O) groups excluding carboxylic acids is 1. The van der Waals surface area contributed by atoms with Gasteiger partial charge in [0.2, 0.25) is 0 Å². The molecule has 1 N–H and O–H groups in total. The van der Waals surface area contributed by atoms with Crippen molar-refractivity contribution < 1.29 is 4.79 Å². The molecule has 0 saturated carbocycles. The zero-order valence-corrected chi connectivity index (χ0v) is 12.4.